The van der Waals surface area contributed by atoms with Crippen molar-refractivity contribution in [1.82, 2.24) is 0 Å². The van der Waals surface area contributed by atoms with Gasteiger partial charge in [0.2, 0.25) is 0 Å². The van der Waals surface area contributed by atoms with E-state index < -0.39 is 10.0 Å². The van der Waals surface area contributed by atoms with E-state index in [1.54, 1.807) is 19.1 Å². The second-order valence-electron chi connectivity index (χ2n) is 4.16. The first kappa shape index (κ1) is 15.5. The van der Waals surface area contributed by atoms with E-state index in [-0.39, 0.29) is 16.9 Å². The molecule has 0 spiro atoms. The first-order valence-corrected chi connectivity index (χ1v) is 7.47. The average molecular weight is 285 g/mol. The van der Waals surface area contributed by atoms with Crippen LogP contribution in [0.4, 0.5) is 0 Å². The number of hydrogen-bond acceptors (Lipinski definition) is 4. The van der Waals surface area contributed by atoms with Crippen LogP contribution in [0.25, 0.3) is 0 Å². The Labute approximate surface area is 114 Å². The summed E-state index contributed by atoms with van der Waals surface area (Å²) in [5.41, 5.74) is 0. The molecule has 0 radical (unpaired) electrons. The number of nitrogens with zero attached hydrogens (tertiary/aromatic N) is 1. The summed E-state index contributed by atoms with van der Waals surface area (Å²) in [6, 6.07) is 6.08. The van der Waals surface area contributed by atoms with Gasteiger partial charge in [-0.2, -0.15) is 8.42 Å². The maximum absolute atomic E-state index is 12.1. The third kappa shape index (κ3) is 4.55. The van der Waals surface area contributed by atoms with Crippen LogP contribution in [0.5, 0.6) is 5.75 Å². The molecule has 0 aliphatic rings. The molecule has 106 valence electrons. The van der Waals surface area contributed by atoms with Crippen molar-refractivity contribution in [1.29, 1.82) is 0 Å². The lowest BCUT2D eigenvalue weighted by molar-refractivity contribution is 0.223. The van der Waals surface area contributed by atoms with Gasteiger partial charge in [-0.1, -0.05) is 6.92 Å². The number of methoxy groups -OCH3 is 1. The highest BCUT2D eigenvalue weighted by Crippen LogP contribution is 2.18. The fraction of sp³-hybridized carbons (Fsp3) is 0.462. The van der Waals surface area contributed by atoms with E-state index in [0.29, 0.717) is 12.2 Å². The average Bonchev–Trinajstić information content (AvgIpc) is 2.37. The Morgan fingerprint density at radius 3 is 2.26 bits per heavy atom. The lowest BCUT2D eigenvalue weighted by Gasteiger charge is -2.10. The van der Waals surface area contributed by atoms with Gasteiger partial charge in [-0.3, -0.25) is 0 Å². The van der Waals surface area contributed by atoms with Gasteiger partial charge in [-0.05, 0) is 38.1 Å². The van der Waals surface area contributed by atoms with Crippen molar-refractivity contribution in [3.8, 4) is 5.75 Å². The maximum Gasteiger partial charge on any atom is 0.285 e. The van der Waals surface area contributed by atoms with Gasteiger partial charge in [-0.15, -0.1) is 4.40 Å². The van der Waals surface area contributed by atoms with Gasteiger partial charge in [0.1, 0.15) is 5.75 Å². The standard InChI is InChI=1S/C13H19NO4S/c1-5-13(18-10(2)3)14-19(15,16)12-8-6-11(17-4)7-9-12/h6-10H,5H2,1-4H3/b14-13+. The van der Waals surface area contributed by atoms with Crippen molar-refractivity contribution in [3.63, 3.8) is 0 Å². The molecule has 0 bridgehead atoms. The highest BCUT2D eigenvalue weighted by atomic mass is 32.2. The van der Waals surface area contributed by atoms with E-state index in [2.05, 4.69) is 4.40 Å². The molecule has 1 aromatic carbocycles. The third-order valence-electron chi connectivity index (χ3n) is 2.25. The van der Waals surface area contributed by atoms with Gasteiger partial charge in [-0.25, -0.2) is 0 Å². The van der Waals surface area contributed by atoms with Crippen LogP contribution < -0.4 is 4.74 Å². The summed E-state index contributed by atoms with van der Waals surface area (Å²) in [6.45, 7) is 5.45. The molecule has 0 fully saturated rings. The Kier molecular flexibility index (Phi) is 5.35. The molecule has 0 aliphatic heterocycles. The predicted molar refractivity (Wildman–Crippen MR) is 74.1 cm³/mol. The number of ether oxygens (including phenoxy) is 2. The van der Waals surface area contributed by atoms with Crippen LogP contribution in [0.15, 0.2) is 33.6 Å². The van der Waals surface area contributed by atoms with Crippen LogP contribution >= 0.6 is 0 Å². The van der Waals surface area contributed by atoms with Crippen molar-refractivity contribution < 1.29 is 17.9 Å². The van der Waals surface area contributed by atoms with Crippen LogP contribution in [0, 0.1) is 0 Å². The molecule has 0 aromatic heterocycles. The molecular formula is C13H19NO4S. The Bertz CT molecular complexity index is 532. The van der Waals surface area contributed by atoms with Crippen LogP contribution in [0.3, 0.4) is 0 Å². The molecule has 0 saturated heterocycles. The molecular weight excluding hydrogens is 266 g/mol. The molecule has 1 rings (SSSR count). The fourth-order valence-electron chi connectivity index (χ4n) is 1.38. The van der Waals surface area contributed by atoms with Gasteiger partial charge in [0.05, 0.1) is 18.1 Å². The highest BCUT2D eigenvalue weighted by molar-refractivity contribution is 7.90. The monoisotopic (exact) mass is 285 g/mol. The van der Waals surface area contributed by atoms with Crippen LogP contribution in [0.1, 0.15) is 27.2 Å². The first-order chi connectivity index (χ1) is 8.89. The van der Waals surface area contributed by atoms with E-state index in [9.17, 15) is 8.42 Å². The Hall–Kier alpha value is -1.56. The van der Waals surface area contributed by atoms with Gasteiger partial charge in [0, 0.05) is 6.42 Å². The molecule has 19 heavy (non-hydrogen) atoms. The Morgan fingerprint density at radius 1 is 1.26 bits per heavy atom. The van der Waals surface area contributed by atoms with Crippen molar-refractivity contribution in [3.05, 3.63) is 24.3 Å². The molecule has 0 aliphatic carbocycles. The maximum atomic E-state index is 12.1. The summed E-state index contributed by atoms with van der Waals surface area (Å²) in [7, 11) is -2.21. The summed E-state index contributed by atoms with van der Waals surface area (Å²) < 4.78 is 38.2. The molecule has 0 amide bonds. The second-order valence-corrected chi connectivity index (χ2v) is 5.76. The van der Waals surface area contributed by atoms with Crippen LogP contribution in [-0.4, -0.2) is 27.5 Å². The van der Waals surface area contributed by atoms with E-state index in [0.717, 1.165) is 0 Å². The molecule has 0 saturated carbocycles. The zero-order chi connectivity index (χ0) is 14.5. The SMILES string of the molecule is CC/C(=N\S(=O)(=O)c1ccc(OC)cc1)OC(C)C. The first-order valence-electron chi connectivity index (χ1n) is 6.03. The van der Waals surface area contributed by atoms with E-state index in [1.165, 1.54) is 19.2 Å². The number of benzene rings is 1. The van der Waals surface area contributed by atoms with Gasteiger partial charge < -0.3 is 9.47 Å². The lowest BCUT2D eigenvalue weighted by atomic mass is 10.3. The summed E-state index contributed by atoms with van der Waals surface area (Å²) in [4.78, 5) is 0.117. The normalized spacial score (nSPS) is 12.6. The predicted octanol–water partition coefficient (Wildman–Crippen LogP) is 2.62. The van der Waals surface area contributed by atoms with Crippen molar-refractivity contribution >= 4 is 15.9 Å². The summed E-state index contributed by atoms with van der Waals surface area (Å²) in [5.74, 6) is 0.808. The zero-order valence-electron chi connectivity index (χ0n) is 11.6. The molecule has 0 heterocycles. The minimum atomic E-state index is -3.73. The topological polar surface area (TPSA) is 65.0 Å². The Balaban J connectivity index is 3.04. The second kappa shape index (κ2) is 6.56. The third-order valence-corrected chi connectivity index (χ3v) is 3.57. The minimum absolute atomic E-state index is 0.107. The Morgan fingerprint density at radius 2 is 1.84 bits per heavy atom. The smallest absolute Gasteiger partial charge is 0.285 e. The van der Waals surface area contributed by atoms with E-state index >= 15 is 0 Å². The number of hydrogen-bond donors (Lipinski definition) is 0. The summed E-state index contributed by atoms with van der Waals surface area (Å²) in [6.07, 6.45) is 0.317. The molecule has 0 unspecified atom stereocenters. The highest BCUT2D eigenvalue weighted by Gasteiger charge is 2.15. The molecule has 6 heteroatoms. The minimum Gasteiger partial charge on any atom is -0.497 e. The van der Waals surface area contributed by atoms with Gasteiger partial charge in [0.15, 0.2) is 5.90 Å². The number of sulfonamides is 1. The van der Waals surface area contributed by atoms with Crippen molar-refractivity contribution in [2.75, 3.05) is 7.11 Å². The number of rotatable bonds is 5. The molecule has 1 aromatic rings. The van der Waals surface area contributed by atoms with Gasteiger partial charge >= 0.3 is 0 Å². The quantitative estimate of drug-likeness (QED) is 0.616. The lowest BCUT2D eigenvalue weighted by Crippen LogP contribution is -2.13. The zero-order valence-corrected chi connectivity index (χ0v) is 12.4. The van der Waals surface area contributed by atoms with Crippen molar-refractivity contribution in [2.24, 2.45) is 4.40 Å². The summed E-state index contributed by atoms with van der Waals surface area (Å²) in [5, 5.41) is 0. The van der Waals surface area contributed by atoms with Crippen LogP contribution in [-0.2, 0) is 14.8 Å². The van der Waals surface area contributed by atoms with E-state index in [4.69, 9.17) is 9.47 Å². The van der Waals surface area contributed by atoms with Gasteiger partial charge in [0.25, 0.3) is 10.0 Å². The van der Waals surface area contributed by atoms with Crippen LogP contribution in [0.2, 0.25) is 0 Å². The van der Waals surface area contributed by atoms with E-state index in [1.807, 2.05) is 13.8 Å². The van der Waals surface area contributed by atoms with Crippen molar-refractivity contribution in [2.45, 2.75) is 38.2 Å². The largest absolute Gasteiger partial charge is 0.497 e. The molecule has 0 N–H and O–H groups in total. The molecule has 5 nitrogen and oxygen atoms in total. The fourth-order valence-corrected chi connectivity index (χ4v) is 2.40. The summed E-state index contributed by atoms with van der Waals surface area (Å²) >= 11 is 0. The molecule has 0 atom stereocenters.